The third-order valence-corrected chi connectivity index (χ3v) is 5.78. The van der Waals surface area contributed by atoms with Crippen molar-refractivity contribution >= 4 is 16.8 Å². The molecule has 1 aliphatic heterocycles. The Balaban J connectivity index is 1.44. The van der Waals surface area contributed by atoms with Gasteiger partial charge in [-0.25, -0.2) is 4.98 Å². The van der Waals surface area contributed by atoms with Crippen LogP contribution in [0.1, 0.15) is 28.4 Å². The van der Waals surface area contributed by atoms with Crippen LogP contribution in [-0.2, 0) is 24.8 Å². The maximum Gasteiger partial charge on any atom is 0.227 e. The molecule has 1 aliphatic rings. The molecule has 1 unspecified atom stereocenters. The second kappa shape index (κ2) is 6.81. The molecule has 0 fully saturated rings. The number of hydrogen-bond donors (Lipinski definition) is 2. The van der Waals surface area contributed by atoms with Crippen LogP contribution in [0.2, 0.25) is 0 Å². The molecule has 2 aromatic carbocycles. The van der Waals surface area contributed by atoms with Crippen molar-refractivity contribution in [3.8, 4) is 5.75 Å². The molecule has 6 heteroatoms. The monoisotopic (exact) mass is 386 g/mol. The van der Waals surface area contributed by atoms with E-state index in [2.05, 4.69) is 26.7 Å². The molecule has 3 heterocycles. The van der Waals surface area contributed by atoms with Crippen LogP contribution in [0.4, 0.5) is 0 Å². The van der Waals surface area contributed by atoms with Gasteiger partial charge in [-0.2, -0.15) is 0 Å². The van der Waals surface area contributed by atoms with Crippen LogP contribution >= 0.6 is 0 Å². The predicted octanol–water partition coefficient (Wildman–Crippen LogP) is 3.32. The predicted molar refractivity (Wildman–Crippen MR) is 111 cm³/mol. The lowest BCUT2D eigenvalue weighted by molar-refractivity contribution is -0.131. The molecule has 0 bridgehead atoms. The number of benzene rings is 2. The highest BCUT2D eigenvalue weighted by molar-refractivity contribution is 5.89. The number of nitrogens with zero attached hydrogens (tertiary/aromatic N) is 3. The van der Waals surface area contributed by atoms with Gasteiger partial charge in [0.15, 0.2) is 0 Å². The van der Waals surface area contributed by atoms with E-state index in [1.54, 1.807) is 18.5 Å². The Morgan fingerprint density at radius 1 is 1.24 bits per heavy atom. The highest BCUT2D eigenvalue weighted by Gasteiger charge is 2.31. The lowest BCUT2D eigenvalue weighted by Crippen LogP contribution is -2.39. The minimum atomic E-state index is -0.0615. The molecule has 0 radical (unpaired) electrons. The fraction of sp³-hybridized carbons (Fsp3) is 0.217. The normalized spacial score (nSPS) is 16.2. The zero-order valence-electron chi connectivity index (χ0n) is 16.2. The Bertz CT molecular complexity index is 1210. The summed E-state index contributed by atoms with van der Waals surface area (Å²) < 4.78 is 2.07. The van der Waals surface area contributed by atoms with Crippen LogP contribution in [0.15, 0.2) is 61.1 Å². The number of H-pyrrole nitrogens is 1. The third kappa shape index (κ3) is 3.06. The summed E-state index contributed by atoms with van der Waals surface area (Å²) in [4.78, 5) is 22.8. The average Bonchev–Trinajstić information content (AvgIpc) is 3.32. The molecule has 6 nitrogen and oxygen atoms in total. The SMILES string of the molecule is Cn1cc(CC(=O)N2Cc3[nH]cnc3C(c3cccc(O)c3)C2)c2ccccc21. The zero-order chi connectivity index (χ0) is 20.0. The minimum absolute atomic E-state index is 0.0615. The molecule has 0 saturated heterocycles. The number of imidazole rings is 1. The van der Waals surface area contributed by atoms with Gasteiger partial charge >= 0.3 is 0 Å². The quantitative estimate of drug-likeness (QED) is 0.567. The second-order valence-electron chi connectivity index (χ2n) is 7.65. The molecule has 0 aliphatic carbocycles. The zero-order valence-corrected chi connectivity index (χ0v) is 16.2. The topological polar surface area (TPSA) is 74.2 Å². The molecule has 146 valence electrons. The van der Waals surface area contributed by atoms with E-state index in [-0.39, 0.29) is 17.6 Å². The van der Waals surface area contributed by atoms with Gasteiger partial charge in [-0.1, -0.05) is 30.3 Å². The fourth-order valence-electron chi connectivity index (χ4n) is 4.36. The first-order valence-electron chi connectivity index (χ1n) is 9.72. The molecular formula is C23H22N4O2. The van der Waals surface area contributed by atoms with Gasteiger partial charge in [-0.05, 0) is 29.3 Å². The number of aromatic nitrogens is 3. The molecule has 1 amide bonds. The summed E-state index contributed by atoms with van der Waals surface area (Å²) in [6.45, 7) is 1.07. The number of carbonyl (C=O) groups is 1. The molecule has 0 spiro atoms. The smallest absolute Gasteiger partial charge is 0.227 e. The van der Waals surface area contributed by atoms with Gasteiger partial charge in [-0.3, -0.25) is 4.79 Å². The van der Waals surface area contributed by atoms with Crippen molar-refractivity contribution < 1.29 is 9.90 Å². The summed E-state index contributed by atoms with van der Waals surface area (Å²) >= 11 is 0. The van der Waals surface area contributed by atoms with Gasteiger partial charge in [0.05, 0.1) is 30.7 Å². The Hall–Kier alpha value is -3.54. The highest BCUT2D eigenvalue weighted by Crippen LogP contribution is 2.33. The van der Waals surface area contributed by atoms with Gasteiger partial charge in [0, 0.05) is 36.6 Å². The Kier molecular flexibility index (Phi) is 4.12. The number of aromatic amines is 1. The molecular weight excluding hydrogens is 364 g/mol. The van der Waals surface area contributed by atoms with Crippen LogP contribution in [0.3, 0.4) is 0 Å². The first kappa shape index (κ1) is 17.6. The Morgan fingerprint density at radius 2 is 2.10 bits per heavy atom. The lowest BCUT2D eigenvalue weighted by Gasteiger charge is -2.32. The summed E-state index contributed by atoms with van der Waals surface area (Å²) in [6, 6.07) is 15.4. The first-order valence-corrected chi connectivity index (χ1v) is 9.72. The number of hydrogen-bond acceptors (Lipinski definition) is 3. The number of nitrogens with one attached hydrogen (secondary N) is 1. The number of aromatic hydroxyl groups is 1. The van der Waals surface area contributed by atoms with E-state index in [4.69, 9.17) is 0 Å². The number of fused-ring (bicyclic) bond motifs is 2. The third-order valence-electron chi connectivity index (χ3n) is 5.78. The highest BCUT2D eigenvalue weighted by atomic mass is 16.3. The van der Waals surface area contributed by atoms with Crippen molar-refractivity contribution in [3.05, 3.63) is 83.6 Å². The number of rotatable bonds is 3. The minimum Gasteiger partial charge on any atom is -0.508 e. The van der Waals surface area contributed by atoms with Crippen LogP contribution in [0.25, 0.3) is 10.9 Å². The number of carbonyl (C=O) groups excluding carboxylic acids is 1. The summed E-state index contributed by atoms with van der Waals surface area (Å²) in [7, 11) is 2.01. The summed E-state index contributed by atoms with van der Waals surface area (Å²) in [5, 5.41) is 11.0. The molecule has 2 N–H and O–H groups in total. The molecule has 4 aromatic rings. The van der Waals surface area contributed by atoms with Crippen molar-refractivity contribution in [2.45, 2.75) is 18.9 Å². The van der Waals surface area contributed by atoms with Crippen LogP contribution in [0, 0.1) is 0 Å². The van der Waals surface area contributed by atoms with E-state index in [1.807, 2.05) is 42.4 Å². The standard InChI is InChI=1S/C23H22N4O2/c1-26-11-16(18-7-2-3-8-21(18)26)10-22(29)27-12-19(15-5-4-6-17(28)9-15)23-20(13-27)24-14-25-23/h2-9,11,14,19,28H,10,12-13H2,1H3,(H,24,25). The van der Waals surface area contributed by atoms with Gasteiger partial charge in [0.1, 0.15) is 5.75 Å². The van der Waals surface area contributed by atoms with E-state index < -0.39 is 0 Å². The summed E-state index contributed by atoms with van der Waals surface area (Å²) in [5.41, 5.74) is 5.03. The maximum atomic E-state index is 13.2. The maximum absolute atomic E-state index is 13.2. The van der Waals surface area contributed by atoms with E-state index >= 15 is 0 Å². The number of phenols is 1. The van der Waals surface area contributed by atoms with Crippen molar-refractivity contribution in [2.75, 3.05) is 6.54 Å². The van der Waals surface area contributed by atoms with Crippen LogP contribution < -0.4 is 0 Å². The fourth-order valence-corrected chi connectivity index (χ4v) is 4.36. The largest absolute Gasteiger partial charge is 0.508 e. The van der Waals surface area contributed by atoms with Crippen molar-refractivity contribution in [1.82, 2.24) is 19.4 Å². The number of para-hydroxylation sites is 1. The molecule has 29 heavy (non-hydrogen) atoms. The first-order chi connectivity index (χ1) is 14.1. The average molecular weight is 386 g/mol. The van der Waals surface area contributed by atoms with E-state index in [0.717, 1.165) is 33.4 Å². The number of aryl methyl sites for hydroxylation is 1. The number of phenolic OH excluding ortho intramolecular Hbond substituents is 1. The summed E-state index contributed by atoms with van der Waals surface area (Å²) in [6.07, 6.45) is 4.08. The van der Waals surface area contributed by atoms with E-state index in [9.17, 15) is 9.90 Å². The Labute approximate surface area is 168 Å². The molecule has 5 rings (SSSR count). The molecule has 0 saturated carbocycles. The Morgan fingerprint density at radius 3 is 2.97 bits per heavy atom. The van der Waals surface area contributed by atoms with Gasteiger partial charge in [-0.15, -0.1) is 0 Å². The summed E-state index contributed by atoms with van der Waals surface area (Å²) in [5.74, 6) is 0.249. The van der Waals surface area contributed by atoms with Crippen molar-refractivity contribution in [3.63, 3.8) is 0 Å². The van der Waals surface area contributed by atoms with Crippen LogP contribution in [0.5, 0.6) is 5.75 Å². The molecule has 1 atom stereocenters. The van der Waals surface area contributed by atoms with Gasteiger partial charge in [0.2, 0.25) is 5.91 Å². The van der Waals surface area contributed by atoms with Gasteiger partial charge in [0.25, 0.3) is 0 Å². The van der Waals surface area contributed by atoms with E-state index in [1.165, 1.54) is 0 Å². The number of amides is 1. The van der Waals surface area contributed by atoms with E-state index in [0.29, 0.717) is 19.5 Å². The second-order valence-corrected chi connectivity index (χ2v) is 7.65. The van der Waals surface area contributed by atoms with Gasteiger partial charge < -0.3 is 19.6 Å². The van der Waals surface area contributed by atoms with Crippen molar-refractivity contribution in [2.24, 2.45) is 7.05 Å². The van der Waals surface area contributed by atoms with Crippen LogP contribution in [-0.4, -0.2) is 37.0 Å². The lowest BCUT2D eigenvalue weighted by atomic mass is 9.90. The van der Waals surface area contributed by atoms with Crippen molar-refractivity contribution in [1.29, 1.82) is 0 Å². The molecule has 2 aromatic heterocycles.